The van der Waals surface area contributed by atoms with Gasteiger partial charge in [0, 0.05) is 16.0 Å². The average molecular weight is 225 g/mol. The Morgan fingerprint density at radius 1 is 1.50 bits per heavy atom. The second-order valence-electron chi connectivity index (χ2n) is 2.61. The quantitative estimate of drug-likeness (QED) is 0.487. The molecule has 0 aliphatic carbocycles. The largest absolute Gasteiger partial charge is 0.311 e. The summed E-state index contributed by atoms with van der Waals surface area (Å²) in [6, 6.07) is 1.47. The molecule has 0 aromatic rings. The molecule has 1 nitrogen and oxygen atoms in total. The molecule has 48 valence electrons. The van der Waals surface area contributed by atoms with Crippen LogP contribution in [0.1, 0.15) is 20.3 Å². The highest BCUT2D eigenvalue weighted by molar-refractivity contribution is 14.1. The molecule has 0 radical (unpaired) electrons. The number of hydrogen-bond donors (Lipinski definition) is 1. The molecular weight excluding hydrogens is 213 g/mol. The molecule has 0 aromatic carbocycles. The fourth-order valence-corrected chi connectivity index (χ4v) is 2.13. The highest BCUT2D eigenvalue weighted by Gasteiger charge is 2.24. The number of halogens is 1. The van der Waals surface area contributed by atoms with Gasteiger partial charge in [0.25, 0.3) is 0 Å². The molecule has 8 heavy (non-hydrogen) atoms. The van der Waals surface area contributed by atoms with Crippen molar-refractivity contribution in [3.05, 3.63) is 0 Å². The smallest absolute Gasteiger partial charge is 0.0275 e. The molecule has 1 heterocycles. The Hall–Kier alpha value is 0.690. The van der Waals surface area contributed by atoms with Crippen LogP contribution in [-0.2, 0) is 0 Å². The number of rotatable bonds is 0. The lowest BCUT2D eigenvalue weighted by molar-refractivity contribution is 0.600. The van der Waals surface area contributed by atoms with E-state index in [9.17, 15) is 0 Å². The molecule has 1 N–H and O–H groups in total. The predicted octanol–water partition coefficient (Wildman–Crippen LogP) is 1.56. The van der Waals surface area contributed by atoms with Crippen molar-refractivity contribution < 1.29 is 0 Å². The summed E-state index contributed by atoms with van der Waals surface area (Å²) in [5.74, 6) is 0. The number of alkyl halides is 1. The van der Waals surface area contributed by atoms with Gasteiger partial charge in [-0.3, -0.25) is 0 Å². The van der Waals surface area contributed by atoms with Crippen LogP contribution >= 0.6 is 22.6 Å². The average Bonchev–Trinajstić information content (AvgIpc) is 1.85. The minimum atomic E-state index is 0.727. The van der Waals surface area contributed by atoms with Crippen LogP contribution in [0, 0.1) is 0 Å². The summed E-state index contributed by atoms with van der Waals surface area (Å²) < 4.78 is 0.850. The maximum absolute atomic E-state index is 3.46. The topological polar surface area (TPSA) is 12.0 Å². The Morgan fingerprint density at radius 2 is 2.12 bits per heavy atom. The van der Waals surface area contributed by atoms with Crippen molar-refractivity contribution in [3.63, 3.8) is 0 Å². The van der Waals surface area contributed by atoms with Gasteiger partial charge in [0.2, 0.25) is 0 Å². The summed E-state index contributed by atoms with van der Waals surface area (Å²) in [6.07, 6.45) is 1.34. The van der Waals surface area contributed by atoms with Gasteiger partial charge >= 0.3 is 0 Å². The Morgan fingerprint density at radius 3 is 2.25 bits per heavy atom. The number of hydrogen-bond acceptors (Lipinski definition) is 1. The normalized spacial score (nSPS) is 47.6. The summed E-state index contributed by atoms with van der Waals surface area (Å²) in [5, 5.41) is 3.46. The van der Waals surface area contributed by atoms with Gasteiger partial charge in [0.1, 0.15) is 0 Å². The molecule has 0 aromatic heterocycles. The summed E-state index contributed by atoms with van der Waals surface area (Å²) in [6.45, 7) is 4.50. The van der Waals surface area contributed by atoms with Crippen LogP contribution in [0.25, 0.3) is 0 Å². The third-order valence-corrected chi connectivity index (χ3v) is 3.26. The van der Waals surface area contributed by atoms with Crippen molar-refractivity contribution >= 4 is 22.6 Å². The van der Waals surface area contributed by atoms with Gasteiger partial charge < -0.3 is 5.32 Å². The lowest BCUT2D eigenvalue weighted by atomic mass is 10.2. The van der Waals surface area contributed by atoms with E-state index in [-0.39, 0.29) is 0 Å². The fraction of sp³-hybridized carbons (Fsp3) is 1.00. The van der Waals surface area contributed by atoms with Crippen molar-refractivity contribution in [2.75, 3.05) is 0 Å². The summed E-state index contributed by atoms with van der Waals surface area (Å²) in [5.41, 5.74) is 0. The first-order chi connectivity index (χ1) is 3.70. The van der Waals surface area contributed by atoms with Crippen LogP contribution in [-0.4, -0.2) is 16.0 Å². The zero-order chi connectivity index (χ0) is 6.15. The standard InChI is InChI=1S/C6H12IN/c1-4-3-6(7)5(2)8-4/h4-6,8H,3H2,1-2H3/t4-,5-,6?/m1/s1. The van der Waals surface area contributed by atoms with Crippen LogP contribution in [0.5, 0.6) is 0 Å². The lowest BCUT2D eigenvalue weighted by Crippen LogP contribution is -2.26. The van der Waals surface area contributed by atoms with E-state index in [2.05, 4.69) is 41.8 Å². The van der Waals surface area contributed by atoms with E-state index in [1.807, 2.05) is 0 Å². The minimum Gasteiger partial charge on any atom is -0.311 e. The van der Waals surface area contributed by atoms with Gasteiger partial charge in [-0.05, 0) is 20.3 Å². The van der Waals surface area contributed by atoms with Gasteiger partial charge in [-0.25, -0.2) is 0 Å². The molecule has 0 amide bonds. The van der Waals surface area contributed by atoms with E-state index in [0.717, 1.165) is 16.0 Å². The third-order valence-electron chi connectivity index (χ3n) is 1.67. The van der Waals surface area contributed by atoms with Crippen molar-refractivity contribution in [2.24, 2.45) is 0 Å². The van der Waals surface area contributed by atoms with Crippen LogP contribution in [0.4, 0.5) is 0 Å². The SMILES string of the molecule is C[C@@H]1CC(I)[C@@H](C)N1. The van der Waals surface area contributed by atoms with Gasteiger partial charge in [-0.15, -0.1) is 0 Å². The number of nitrogens with one attached hydrogen (secondary N) is 1. The molecule has 2 heteroatoms. The monoisotopic (exact) mass is 225 g/mol. The zero-order valence-electron chi connectivity index (χ0n) is 5.32. The first-order valence-electron chi connectivity index (χ1n) is 3.10. The van der Waals surface area contributed by atoms with Crippen molar-refractivity contribution in [2.45, 2.75) is 36.3 Å². The molecule has 0 saturated carbocycles. The molecule has 1 aliphatic heterocycles. The highest BCUT2D eigenvalue weighted by Crippen LogP contribution is 2.20. The van der Waals surface area contributed by atoms with Gasteiger partial charge in [-0.1, -0.05) is 22.6 Å². The molecular formula is C6H12IN. The molecule has 0 spiro atoms. The predicted molar refractivity (Wildman–Crippen MR) is 44.5 cm³/mol. The molecule has 1 unspecified atom stereocenters. The molecule has 3 atom stereocenters. The summed E-state index contributed by atoms with van der Waals surface area (Å²) >= 11 is 2.51. The second-order valence-corrected chi connectivity index (χ2v) is 4.21. The van der Waals surface area contributed by atoms with E-state index in [0.29, 0.717) is 0 Å². The summed E-state index contributed by atoms with van der Waals surface area (Å²) in [4.78, 5) is 0. The van der Waals surface area contributed by atoms with Crippen LogP contribution in [0.2, 0.25) is 0 Å². The zero-order valence-corrected chi connectivity index (χ0v) is 7.47. The van der Waals surface area contributed by atoms with Gasteiger partial charge in [0.05, 0.1) is 0 Å². The molecule has 0 bridgehead atoms. The van der Waals surface area contributed by atoms with E-state index in [4.69, 9.17) is 0 Å². The molecule has 1 saturated heterocycles. The maximum Gasteiger partial charge on any atom is 0.0275 e. The molecule has 1 fully saturated rings. The van der Waals surface area contributed by atoms with E-state index < -0.39 is 0 Å². The van der Waals surface area contributed by atoms with Gasteiger partial charge in [0.15, 0.2) is 0 Å². The molecule has 1 aliphatic rings. The van der Waals surface area contributed by atoms with Crippen LogP contribution in [0.15, 0.2) is 0 Å². The van der Waals surface area contributed by atoms with E-state index in [1.54, 1.807) is 0 Å². The Bertz CT molecular complexity index is 74.6. The lowest BCUT2D eigenvalue weighted by Gasteiger charge is -2.05. The summed E-state index contributed by atoms with van der Waals surface area (Å²) in [7, 11) is 0. The Balaban J connectivity index is 2.39. The third kappa shape index (κ3) is 1.35. The minimum absolute atomic E-state index is 0.727. The Kier molecular flexibility index (Phi) is 2.14. The van der Waals surface area contributed by atoms with E-state index in [1.165, 1.54) is 6.42 Å². The van der Waals surface area contributed by atoms with Crippen LogP contribution < -0.4 is 5.32 Å². The fourth-order valence-electron chi connectivity index (χ4n) is 1.16. The Labute approximate surface area is 64.4 Å². The van der Waals surface area contributed by atoms with Crippen LogP contribution in [0.3, 0.4) is 0 Å². The van der Waals surface area contributed by atoms with E-state index >= 15 is 0 Å². The van der Waals surface area contributed by atoms with Crippen molar-refractivity contribution in [1.82, 2.24) is 5.32 Å². The van der Waals surface area contributed by atoms with Gasteiger partial charge in [-0.2, -0.15) is 0 Å². The first kappa shape index (κ1) is 6.81. The first-order valence-corrected chi connectivity index (χ1v) is 4.35. The van der Waals surface area contributed by atoms with Crippen molar-refractivity contribution in [3.8, 4) is 0 Å². The second kappa shape index (κ2) is 2.52. The van der Waals surface area contributed by atoms with Crippen molar-refractivity contribution in [1.29, 1.82) is 0 Å². The molecule has 1 rings (SSSR count). The highest BCUT2D eigenvalue weighted by atomic mass is 127. The maximum atomic E-state index is 3.46.